The lowest BCUT2D eigenvalue weighted by atomic mass is 10.2. The third kappa shape index (κ3) is 5.35. The second kappa shape index (κ2) is 8.71. The van der Waals surface area contributed by atoms with E-state index < -0.39 is 0 Å². The van der Waals surface area contributed by atoms with Gasteiger partial charge in [-0.1, -0.05) is 24.6 Å². The van der Waals surface area contributed by atoms with Crippen LogP contribution in [-0.4, -0.2) is 34.7 Å². The average molecular weight is 358 g/mol. The summed E-state index contributed by atoms with van der Waals surface area (Å²) in [6, 6.07) is 9.33. The van der Waals surface area contributed by atoms with Crippen molar-refractivity contribution in [2.45, 2.75) is 30.8 Å². The number of aromatic nitrogens is 2. The third-order valence-electron chi connectivity index (χ3n) is 4.11. The summed E-state index contributed by atoms with van der Waals surface area (Å²) in [6.07, 6.45) is 6.53. The smallest absolute Gasteiger partial charge is 0.251 e. The van der Waals surface area contributed by atoms with Crippen molar-refractivity contribution in [1.82, 2.24) is 9.97 Å². The van der Waals surface area contributed by atoms with E-state index in [2.05, 4.69) is 32.3 Å². The Morgan fingerprint density at radius 3 is 2.52 bits per heavy atom. The molecule has 0 spiro atoms. The summed E-state index contributed by atoms with van der Waals surface area (Å²) < 4.78 is 0. The second-order valence-electron chi connectivity index (χ2n) is 6.02. The molecular formula is C18H22N4O2S. The van der Waals surface area contributed by atoms with E-state index in [9.17, 15) is 9.59 Å². The number of anilines is 2. The van der Waals surface area contributed by atoms with Crippen molar-refractivity contribution in [3.8, 4) is 0 Å². The molecule has 132 valence electrons. The minimum atomic E-state index is -0.220. The largest absolute Gasteiger partial charge is 0.372 e. The fraction of sp³-hybridized carbons (Fsp3) is 0.389. The van der Waals surface area contributed by atoms with E-state index in [0.29, 0.717) is 5.16 Å². The van der Waals surface area contributed by atoms with Gasteiger partial charge in [-0.3, -0.25) is 9.59 Å². The predicted octanol–water partition coefficient (Wildman–Crippen LogP) is 2.88. The van der Waals surface area contributed by atoms with Gasteiger partial charge in [-0.25, -0.2) is 4.98 Å². The number of H-pyrrole nitrogens is 1. The van der Waals surface area contributed by atoms with E-state index in [1.54, 1.807) is 0 Å². The molecule has 0 atom stereocenters. The number of nitrogens with one attached hydrogen (secondary N) is 2. The summed E-state index contributed by atoms with van der Waals surface area (Å²) in [4.78, 5) is 32.2. The SMILES string of the molecule is O=C(CSc1nccc(=O)[nH]1)Nc1ccc(N2CCCCCC2)cc1. The number of rotatable bonds is 5. The number of hydrogen-bond donors (Lipinski definition) is 2. The molecule has 1 aliphatic rings. The van der Waals surface area contributed by atoms with Gasteiger partial charge in [0.05, 0.1) is 5.75 Å². The summed E-state index contributed by atoms with van der Waals surface area (Å²) in [5, 5.41) is 3.31. The molecule has 7 heteroatoms. The molecule has 1 aliphatic heterocycles. The topological polar surface area (TPSA) is 78.1 Å². The van der Waals surface area contributed by atoms with E-state index in [4.69, 9.17) is 0 Å². The zero-order chi connectivity index (χ0) is 17.5. The van der Waals surface area contributed by atoms with Crippen molar-refractivity contribution in [2.75, 3.05) is 29.1 Å². The van der Waals surface area contributed by atoms with Crippen LogP contribution >= 0.6 is 11.8 Å². The minimum Gasteiger partial charge on any atom is -0.372 e. The van der Waals surface area contributed by atoms with E-state index >= 15 is 0 Å². The molecule has 0 aliphatic carbocycles. The highest BCUT2D eigenvalue weighted by Gasteiger charge is 2.10. The first kappa shape index (κ1) is 17.5. The van der Waals surface area contributed by atoms with Crippen molar-refractivity contribution in [3.05, 3.63) is 46.9 Å². The molecule has 2 N–H and O–H groups in total. The molecular weight excluding hydrogens is 336 g/mol. The number of nitrogens with zero attached hydrogens (tertiary/aromatic N) is 2. The zero-order valence-electron chi connectivity index (χ0n) is 14.0. The maximum absolute atomic E-state index is 12.0. The molecule has 1 aromatic carbocycles. The van der Waals surface area contributed by atoms with E-state index in [-0.39, 0.29) is 17.2 Å². The van der Waals surface area contributed by atoms with Gasteiger partial charge >= 0.3 is 0 Å². The number of carbonyl (C=O) groups excluding carboxylic acids is 1. The van der Waals surface area contributed by atoms with Gasteiger partial charge in [0, 0.05) is 36.7 Å². The quantitative estimate of drug-likeness (QED) is 0.635. The van der Waals surface area contributed by atoms with Crippen LogP contribution in [0.5, 0.6) is 0 Å². The predicted molar refractivity (Wildman–Crippen MR) is 101 cm³/mol. The van der Waals surface area contributed by atoms with Gasteiger partial charge in [-0.05, 0) is 37.1 Å². The van der Waals surface area contributed by atoms with Crippen LogP contribution in [0.15, 0.2) is 46.5 Å². The number of benzene rings is 1. The van der Waals surface area contributed by atoms with Crippen LogP contribution in [0.1, 0.15) is 25.7 Å². The number of aromatic amines is 1. The third-order valence-corrected chi connectivity index (χ3v) is 5.00. The first-order chi connectivity index (χ1) is 12.2. The summed E-state index contributed by atoms with van der Waals surface area (Å²) in [6.45, 7) is 2.20. The van der Waals surface area contributed by atoms with Crippen LogP contribution in [0.3, 0.4) is 0 Å². The van der Waals surface area contributed by atoms with Crippen LogP contribution in [0.2, 0.25) is 0 Å². The van der Waals surface area contributed by atoms with Gasteiger partial charge in [0.2, 0.25) is 5.91 Å². The van der Waals surface area contributed by atoms with Crippen LogP contribution < -0.4 is 15.8 Å². The van der Waals surface area contributed by atoms with E-state index in [0.717, 1.165) is 18.8 Å². The van der Waals surface area contributed by atoms with Gasteiger partial charge in [0.1, 0.15) is 0 Å². The molecule has 1 saturated heterocycles. The second-order valence-corrected chi connectivity index (χ2v) is 6.99. The van der Waals surface area contributed by atoms with Crippen molar-refractivity contribution < 1.29 is 4.79 Å². The Labute approximate surface area is 151 Å². The molecule has 2 aromatic rings. The van der Waals surface area contributed by atoms with Gasteiger partial charge in [0.15, 0.2) is 5.16 Å². The summed E-state index contributed by atoms with van der Waals surface area (Å²) in [5.41, 5.74) is 1.76. The normalized spacial score (nSPS) is 14.8. The Balaban J connectivity index is 1.52. The standard InChI is InChI=1S/C18H22N4O2S/c23-16-9-10-19-18(21-16)25-13-17(24)20-14-5-7-15(8-6-14)22-11-3-1-2-4-12-22/h5-10H,1-4,11-13H2,(H,20,24)(H,19,21,23). The monoisotopic (exact) mass is 358 g/mol. The zero-order valence-corrected chi connectivity index (χ0v) is 14.8. The van der Waals surface area contributed by atoms with Gasteiger partial charge in [0.25, 0.3) is 5.56 Å². The van der Waals surface area contributed by atoms with Crippen LogP contribution in [0.25, 0.3) is 0 Å². The van der Waals surface area contributed by atoms with Crippen LogP contribution in [-0.2, 0) is 4.79 Å². The molecule has 25 heavy (non-hydrogen) atoms. The van der Waals surface area contributed by atoms with Gasteiger partial charge in [-0.2, -0.15) is 0 Å². The molecule has 1 amide bonds. The highest BCUT2D eigenvalue weighted by Crippen LogP contribution is 2.22. The van der Waals surface area contributed by atoms with Crippen LogP contribution in [0.4, 0.5) is 11.4 Å². The lowest BCUT2D eigenvalue weighted by molar-refractivity contribution is -0.113. The number of thioether (sulfide) groups is 1. The lowest BCUT2D eigenvalue weighted by Crippen LogP contribution is -2.23. The highest BCUT2D eigenvalue weighted by molar-refractivity contribution is 7.99. The summed E-state index contributed by atoms with van der Waals surface area (Å²) in [5.74, 6) is 0.0694. The van der Waals surface area contributed by atoms with Crippen molar-refractivity contribution in [3.63, 3.8) is 0 Å². The highest BCUT2D eigenvalue weighted by atomic mass is 32.2. The van der Waals surface area contributed by atoms with Gasteiger partial charge in [-0.15, -0.1) is 0 Å². The average Bonchev–Trinajstić information content (AvgIpc) is 2.90. The summed E-state index contributed by atoms with van der Waals surface area (Å²) >= 11 is 1.20. The molecule has 0 unspecified atom stereocenters. The fourth-order valence-electron chi connectivity index (χ4n) is 2.84. The minimum absolute atomic E-state index is 0.126. The molecule has 2 heterocycles. The Morgan fingerprint density at radius 1 is 1.12 bits per heavy atom. The Bertz CT molecular complexity index is 752. The number of hydrogen-bond acceptors (Lipinski definition) is 5. The number of amides is 1. The molecule has 6 nitrogen and oxygen atoms in total. The lowest BCUT2D eigenvalue weighted by Gasteiger charge is -2.22. The molecule has 0 saturated carbocycles. The molecule has 0 bridgehead atoms. The molecule has 0 radical (unpaired) electrons. The van der Waals surface area contributed by atoms with Gasteiger partial charge < -0.3 is 15.2 Å². The maximum atomic E-state index is 12.0. The Kier molecular flexibility index (Phi) is 6.11. The van der Waals surface area contributed by atoms with Crippen molar-refractivity contribution in [2.24, 2.45) is 0 Å². The molecule has 3 rings (SSSR count). The number of carbonyl (C=O) groups is 1. The van der Waals surface area contributed by atoms with Crippen molar-refractivity contribution in [1.29, 1.82) is 0 Å². The first-order valence-electron chi connectivity index (χ1n) is 8.54. The van der Waals surface area contributed by atoms with E-state index in [1.807, 2.05) is 12.1 Å². The Morgan fingerprint density at radius 2 is 1.84 bits per heavy atom. The molecule has 1 fully saturated rings. The maximum Gasteiger partial charge on any atom is 0.251 e. The first-order valence-corrected chi connectivity index (χ1v) is 9.52. The van der Waals surface area contributed by atoms with E-state index in [1.165, 1.54) is 55.4 Å². The summed E-state index contributed by atoms with van der Waals surface area (Å²) in [7, 11) is 0. The Hall–Kier alpha value is -2.28. The van der Waals surface area contributed by atoms with Crippen LogP contribution in [0, 0.1) is 0 Å². The molecule has 1 aromatic heterocycles. The fourth-order valence-corrected chi connectivity index (χ4v) is 3.49. The van der Waals surface area contributed by atoms with Crippen molar-refractivity contribution >= 4 is 29.0 Å².